The number of esters is 2. The summed E-state index contributed by atoms with van der Waals surface area (Å²) < 4.78 is 65.0. The molecule has 91 heavy (non-hydrogen) atoms. The molecule has 0 amide bonds. The van der Waals surface area contributed by atoms with Crippen LogP contribution in [0, 0.1) is 50.2 Å². The van der Waals surface area contributed by atoms with Crippen LogP contribution in [0.15, 0.2) is 35.9 Å². The molecule has 0 spiro atoms. The number of benzene rings is 1. The second-order valence-corrected chi connectivity index (χ2v) is 28.5. The number of carbonyl (C=O) groups is 3. The van der Waals surface area contributed by atoms with E-state index in [0.29, 0.717) is 49.2 Å². The Bertz CT molecular complexity index is 2850. The Morgan fingerprint density at radius 2 is 1.27 bits per heavy atom. The Kier molecular flexibility index (Phi) is 20.1. The second kappa shape index (κ2) is 26.2. The highest BCUT2D eigenvalue weighted by molar-refractivity contribution is 5.87. The number of allylic oxidation sites excluding steroid dienone is 1. The van der Waals surface area contributed by atoms with Gasteiger partial charge in [-0.05, 0) is 136 Å². The normalized spacial score (nSPS) is 47.9. The largest absolute Gasteiger partial charge is 0.493 e. The predicted molar refractivity (Wildman–Crippen MR) is 311 cm³/mol. The van der Waals surface area contributed by atoms with E-state index < -0.39 is 199 Å². The Morgan fingerprint density at radius 3 is 1.95 bits per heavy atom. The van der Waals surface area contributed by atoms with Gasteiger partial charge in [0.1, 0.15) is 73.2 Å². The summed E-state index contributed by atoms with van der Waals surface area (Å²) in [6, 6.07) is 4.93. The molecule has 8 fully saturated rings. The Balaban J connectivity index is 0.938. The quantitative estimate of drug-likeness (QED) is 0.0446. The SMILES string of the molecule is COc1ccc(/C=C/C(=O)O[C@@H]2[C@H](O)[C@@H](O[C@@H]3O[C@@H](C)[C@H](O[C@@H]4OC[C@@H](O)[C@H](O)[C@H]4O)[C@@H](O)[C@H]3O)[C@H](OC(=O)[C@]34CCC(C)(C)C[C@H]3C3=CC[C@@H]5[C@@]6(C)C[C@H](O)[C@H](O[C@@H]7O[C@H](CO)[C@@H](O)[C@H](O)[C@H]7O)[C@@](C)(C(=O)O)[C@@H]6CC[C@@]5(C)[C@]3(CO)CC4)O[C@@H]2C)cc1OC. The molecule has 4 aliphatic heterocycles. The van der Waals surface area contributed by atoms with Crippen LogP contribution in [0.4, 0.5) is 0 Å². The lowest BCUT2D eigenvalue weighted by Gasteiger charge is -2.71. The summed E-state index contributed by atoms with van der Waals surface area (Å²) in [7, 11) is 2.93. The number of fused-ring (bicyclic) bond motifs is 7. The van der Waals surface area contributed by atoms with Gasteiger partial charge in [0.2, 0.25) is 6.29 Å². The zero-order valence-corrected chi connectivity index (χ0v) is 52.8. The van der Waals surface area contributed by atoms with E-state index in [1.165, 1.54) is 41.1 Å². The van der Waals surface area contributed by atoms with E-state index in [9.17, 15) is 76.0 Å². The lowest BCUT2D eigenvalue weighted by Crippen LogP contribution is -2.71. The number of methoxy groups -OCH3 is 2. The zero-order chi connectivity index (χ0) is 66.4. The van der Waals surface area contributed by atoms with Crippen LogP contribution >= 0.6 is 0 Å². The van der Waals surface area contributed by atoms with Crippen molar-refractivity contribution in [3.05, 3.63) is 41.5 Å². The highest BCUT2D eigenvalue weighted by Gasteiger charge is 2.74. The number of aliphatic hydroxyl groups is 12. The first-order chi connectivity index (χ1) is 42.8. The molecule has 27 nitrogen and oxygen atoms in total. The Labute approximate surface area is 527 Å². The van der Waals surface area contributed by atoms with Crippen LogP contribution in [0.25, 0.3) is 6.08 Å². The van der Waals surface area contributed by atoms with Crippen molar-refractivity contribution in [3.8, 4) is 11.5 Å². The van der Waals surface area contributed by atoms with Crippen LogP contribution in [0.5, 0.6) is 11.5 Å². The van der Waals surface area contributed by atoms with Gasteiger partial charge < -0.3 is 118 Å². The molecule has 10 rings (SSSR count). The summed E-state index contributed by atoms with van der Waals surface area (Å²) in [6.07, 6.45) is -26.8. The van der Waals surface area contributed by atoms with Gasteiger partial charge in [-0.2, -0.15) is 0 Å². The van der Waals surface area contributed by atoms with Crippen molar-refractivity contribution < 1.29 is 133 Å². The highest BCUT2D eigenvalue weighted by atomic mass is 16.8. The number of carboxylic acids is 1. The highest BCUT2D eigenvalue weighted by Crippen LogP contribution is 2.76. The molecule has 1 aromatic rings. The molecular weight excluding hydrogens is 1200 g/mol. The predicted octanol–water partition coefficient (Wildman–Crippen LogP) is -0.0516. The number of ether oxygens (including phenoxy) is 11. The van der Waals surface area contributed by atoms with Crippen molar-refractivity contribution in [1.29, 1.82) is 0 Å². The van der Waals surface area contributed by atoms with Gasteiger partial charge in [-0.3, -0.25) is 9.59 Å². The number of carbonyl (C=O) groups excluding carboxylic acids is 2. The molecular formula is C64H94O27. The fourth-order valence-electron chi connectivity index (χ4n) is 17.8. The molecule has 0 radical (unpaired) electrons. The molecule has 0 aromatic heterocycles. The fraction of sp³-hybridized carbons (Fsp3) is 0.797. The Hall–Kier alpha value is -4.05. The molecule has 27 heteroatoms. The third-order valence-corrected chi connectivity index (χ3v) is 23.0. The van der Waals surface area contributed by atoms with Gasteiger partial charge in [0, 0.05) is 11.5 Å². The molecule has 1 aromatic carbocycles. The zero-order valence-electron chi connectivity index (χ0n) is 52.8. The van der Waals surface area contributed by atoms with Crippen LogP contribution in [-0.2, 0) is 57.0 Å². The minimum Gasteiger partial charge on any atom is -0.493 e. The van der Waals surface area contributed by atoms with Crippen molar-refractivity contribution in [2.75, 3.05) is 34.0 Å². The van der Waals surface area contributed by atoms with E-state index in [1.807, 2.05) is 6.92 Å². The molecule has 29 atom stereocenters. The summed E-state index contributed by atoms with van der Waals surface area (Å²) in [5.74, 6) is -3.69. The van der Waals surface area contributed by atoms with Crippen LogP contribution < -0.4 is 9.47 Å². The number of aliphatic hydroxyl groups excluding tert-OH is 12. The number of rotatable bonds is 16. The van der Waals surface area contributed by atoms with Gasteiger partial charge in [-0.25, -0.2) is 4.79 Å². The number of hydrogen-bond acceptors (Lipinski definition) is 26. The molecule has 0 unspecified atom stereocenters. The number of aliphatic carboxylic acids is 1. The van der Waals surface area contributed by atoms with E-state index >= 15 is 4.79 Å². The minimum absolute atomic E-state index is 0.0246. The van der Waals surface area contributed by atoms with Crippen LogP contribution in [0.1, 0.15) is 112 Å². The molecule has 13 N–H and O–H groups in total. The third-order valence-electron chi connectivity index (χ3n) is 23.0. The van der Waals surface area contributed by atoms with Crippen LogP contribution in [-0.4, -0.2) is 247 Å². The fourth-order valence-corrected chi connectivity index (χ4v) is 17.8. The topological polar surface area (TPSA) is 416 Å². The van der Waals surface area contributed by atoms with Crippen molar-refractivity contribution >= 4 is 24.0 Å². The first-order valence-electron chi connectivity index (χ1n) is 31.6. The lowest BCUT2D eigenvalue weighted by molar-refractivity contribution is -0.373. The first-order valence-corrected chi connectivity index (χ1v) is 31.6. The maximum atomic E-state index is 15.8. The standard InChI is InChI=1S/C64H94O27/c1-28-49(88-53-45(74)41(70)34(68)26-83-53)44(73)47(76)54(84-28)89-51-48(77)50(87-40(69)15-11-30-10-13-35(81-8)36(22-30)82-9)29(2)85-56(51)91-58(80)63-19-18-59(3,4)23-32(63)31-12-14-38-60(5)24-33(67)52(90-55-46(75)43(72)42(71)37(25-65)86-55)62(7,57(78)79)39(60)16-17-61(38,6)64(31,27-66)21-20-63/h10-13,15,22,28-29,32-34,37-39,41-56,65-68,70-77H,14,16-21,23-27H2,1-9H3,(H,78,79)/b15-11+/t28-,29+,32-,33-,34+,37+,38+,39+,41-,42+,43-,44-,45+,46+,47+,48-,49-,50-,51+,52-,53-,54-,55-,56-,60+,61+,62-,63-,64-/m0/s1. The van der Waals surface area contributed by atoms with Gasteiger partial charge in [0.15, 0.2) is 42.6 Å². The summed E-state index contributed by atoms with van der Waals surface area (Å²) >= 11 is 0. The number of hydrogen-bond donors (Lipinski definition) is 13. The molecule has 4 saturated carbocycles. The minimum atomic E-state index is -1.99. The van der Waals surface area contributed by atoms with Crippen molar-refractivity contribution in [2.24, 2.45) is 50.2 Å². The van der Waals surface area contributed by atoms with E-state index in [4.69, 9.17) is 52.1 Å². The smallest absolute Gasteiger partial charge is 0.331 e. The van der Waals surface area contributed by atoms with Crippen molar-refractivity contribution in [2.45, 2.75) is 235 Å². The average molecular weight is 1300 g/mol. The molecule has 4 heterocycles. The monoisotopic (exact) mass is 1290 g/mol. The summed E-state index contributed by atoms with van der Waals surface area (Å²) in [4.78, 5) is 43.3. The van der Waals surface area contributed by atoms with Crippen LogP contribution in [0.3, 0.4) is 0 Å². The van der Waals surface area contributed by atoms with Crippen LogP contribution in [0.2, 0.25) is 0 Å². The number of carboxylic acid groups (broad SMARTS) is 1. The van der Waals surface area contributed by atoms with E-state index in [2.05, 4.69) is 26.8 Å². The summed E-state index contributed by atoms with van der Waals surface area (Å²) in [5, 5.41) is 145. The van der Waals surface area contributed by atoms with E-state index in [1.54, 1.807) is 18.2 Å². The lowest BCUT2D eigenvalue weighted by atomic mass is 9.33. The maximum Gasteiger partial charge on any atom is 0.331 e. The van der Waals surface area contributed by atoms with Gasteiger partial charge in [0.05, 0.1) is 63.2 Å². The van der Waals surface area contributed by atoms with Crippen molar-refractivity contribution in [1.82, 2.24) is 0 Å². The van der Waals surface area contributed by atoms with Crippen molar-refractivity contribution in [3.63, 3.8) is 0 Å². The maximum absolute atomic E-state index is 15.8. The van der Waals surface area contributed by atoms with E-state index in [-0.39, 0.29) is 43.6 Å². The van der Waals surface area contributed by atoms with Gasteiger partial charge in [-0.15, -0.1) is 0 Å². The van der Waals surface area contributed by atoms with Gasteiger partial charge in [0.25, 0.3) is 0 Å². The third kappa shape index (κ3) is 11.9. The molecule has 512 valence electrons. The van der Waals surface area contributed by atoms with E-state index in [0.717, 1.165) is 11.6 Å². The van der Waals surface area contributed by atoms with Gasteiger partial charge >= 0.3 is 17.9 Å². The molecule has 5 aliphatic carbocycles. The Morgan fingerprint density at radius 1 is 0.637 bits per heavy atom. The molecule has 4 saturated heterocycles. The average Bonchev–Trinajstić information content (AvgIpc) is 0.671. The van der Waals surface area contributed by atoms with Gasteiger partial charge in [-0.1, -0.05) is 45.4 Å². The second-order valence-electron chi connectivity index (χ2n) is 28.5. The molecule has 9 aliphatic rings. The first kappa shape index (κ1) is 69.8. The summed E-state index contributed by atoms with van der Waals surface area (Å²) in [5.41, 5.74) is -4.78. The molecule has 0 bridgehead atoms. The summed E-state index contributed by atoms with van der Waals surface area (Å²) in [6.45, 7) is 11.2.